The van der Waals surface area contributed by atoms with Crippen LogP contribution in [0.25, 0.3) is 21.7 Å². The first-order valence-electron chi connectivity index (χ1n) is 6.72. The summed E-state index contributed by atoms with van der Waals surface area (Å²) >= 11 is 3.63. The summed E-state index contributed by atoms with van der Waals surface area (Å²) in [5.41, 5.74) is 5.79. The van der Waals surface area contributed by atoms with E-state index in [1.807, 2.05) is 18.2 Å². The van der Waals surface area contributed by atoms with Gasteiger partial charge in [0.05, 0.1) is 11.2 Å². The summed E-state index contributed by atoms with van der Waals surface area (Å²) in [5.74, 6) is 5.68. The summed E-state index contributed by atoms with van der Waals surface area (Å²) < 4.78 is 1.06. The van der Waals surface area contributed by atoms with Gasteiger partial charge in [-0.3, -0.25) is 10.8 Å². The molecular weight excluding hydrogens is 314 g/mol. The molecule has 102 valence electrons. The third kappa shape index (κ3) is 2.15. The first kappa shape index (κ1) is 13.3. The van der Waals surface area contributed by atoms with Gasteiger partial charge in [0, 0.05) is 20.9 Å². The average molecular weight is 330 g/mol. The van der Waals surface area contributed by atoms with E-state index in [4.69, 9.17) is 10.8 Å². The number of aryl methyl sites for hydroxylation is 1. The lowest BCUT2D eigenvalue weighted by molar-refractivity contribution is 0.890. The molecule has 0 fully saturated rings. The predicted molar refractivity (Wildman–Crippen MR) is 88.8 cm³/mol. The van der Waals surface area contributed by atoms with E-state index in [2.05, 4.69) is 46.5 Å². The number of halogens is 1. The van der Waals surface area contributed by atoms with Gasteiger partial charge < -0.3 is 5.43 Å². The van der Waals surface area contributed by atoms with E-state index in [0.29, 0.717) is 0 Å². The molecule has 0 amide bonds. The average Bonchev–Trinajstić information content (AvgIpc) is 2.48. The van der Waals surface area contributed by atoms with E-state index in [1.54, 1.807) is 0 Å². The smallest absolute Gasteiger partial charge is 0.0805 e. The largest absolute Gasteiger partial charge is 0.323 e. The fourth-order valence-electron chi connectivity index (χ4n) is 2.57. The molecule has 0 radical (unpaired) electrons. The maximum Gasteiger partial charge on any atom is 0.0805 e. The van der Waals surface area contributed by atoms with Crippen LogP contribution in [0.4, 0.5) is 5.69 Å². The number of rotatable bonds is 3. The van der Waals surface area contributed by atoms with Gasteiger partial charge in [0.2, 0.25) is 0 Å². The van der Waals surface area contributed by atoms with Crippen molar-refractivity contribution in [3.8, 4) is 0 Å². The predicted octanol–water partition coefficient (Wildman–Crippen LogP) is 4.39. The molecule has 0 saturated carbocycles. The van der Waals surface area contributed by atoms with Gasteiger partial charge in [0.25, 0.3) is 0 Å². The molecule has 3 nitrogen and oxygen atoms in total. The fraction of sp³-hybridized carbons (Fsp3) is 0.188. The van der Waals surface area contributed by atoms with Crippen LogP contribution in [-0.2, 0) is 6.42 Å². The lowest BCUT2D eigenvalue weighted by Crippen LogP contribution is -2.08. The highest BCUT2D eigenvalue weighted by molar-refractivity contribution is 9.10. The number of anilines is 1. The molecule has 0 aliphatic carbocycles. The van der Waals surface area contributed by atoms with Crippen molar-refractivity contribution in [1.29, 1.82) is 0 Å². The minimum atomic E-state index is 0.921. The Labute approximate surface area is 126 Å². The zero-order chi connectivity index (χ0) is 14.1. The lowest BCUT2D eigenvalue weighted by atomic mass is 10.0. The summed E-state index contributed by atoms with van der Waals surface area (Å²) in [6, 6.07) is 12.4. The molecule has 0 atom stereocenters. The number of fused-ring (bicyclic) bond motifs is 3. The minimum absolute atomic E-state index is 0.921. The maximum atomic E-state index is 5.68. The van der Waals surface area contributed by atoms with Gasteiger partial charge in [-0.1, -0.05) is 53.5 Å². The van der Waals surface area contributed by atoms with Crippen molar-refractivity contribution in [3.63, 3.8) is 0 Å². The Kier molecular flexibility index (Phi) is 3.59. The first-order valence-corrected chi connectivity index (χ1v) is 7.51. The highest BCUT2D eigenvalue weighted by Gasteiger charge is 2.10. The van der Waals surface area contributed by atoms with Crippen LogP contribution in [0.5, 0.6) is 0 Å². The summed E-state index contributed by atoms with van der Waals surface area (Å²) in [4.78, 5) is 4.83. The second-order valence-electron chi connectivity index (χ2n) is 4.86. The zero-order valence-electron chi connectivity index (χ0n) is 11.3. The second kappa shape index (κ2) is 5.38. The Balaban J connectivity index is 2.44. The van der Waals surface area contributed by atoms with Crippen LogP contribution in [0, 0.1) is 0 Å². The van der Waals surface area contributed by atoms with Crippen molar-refractivity contribution in [2.45, 2.75) is 19.8 Å². The molecule has 0 aliphatic rings. The van der Waals surface area contributed by atoms with Crippen molar-refractivity contribution in [2.75, 3.05) is 5.43 Å². The third-order valence-electron chi connectivity index (χ3n) is 3.48. The van der Waals surface area contributed by atoms with Crippen LogP contribution >= 0.6 is 15.9 Å². The molecule has 3 rings (SSSR count). The highest BCUT2D eigenvalue weighted by Crippen LogP contribution is 2.34. The molecule has 0 spiro atoms. The third-order valence-corrected chi connectivity index (χ3v) is 4.14. The molecular formula is C16H16BrN3. The molecule has 0 aliphatic heterocycles. The zero-order valence-corrected chi connectivity index (χ0v) is 12.9. The number of nitrogen functional groups attached to an aromatic ring is 1. The molecule has 0 bridgehead atoms. The number of nitrogens with two attached hydrogens (primary N) is 1. The molecule has 1 heterocycles. The van der Waals surface area contributed by atoms with Crippen molar-refractivity contribution in [3.05, 3.63) is 46.6 Å². The molecule has 3 N–H and O–H groups in total. The van der Waals surface area contributed by atoms with Gasteiger partial charge in [-0.05, 0) is 23.9 Å². The summed E-state index contributed by atoms with van der Waals surface area (Å²) in [5, 5.41) is 3.35. The quantitative estimate of drug-likeness (QED) is 0.425. The molecule has 0 unspecified atom stereocenters. The highest BCUT2D eigenvalue weighted by atomic mass is 79.9. The van der Waals surface area contributed by atoms with Gasteiger partial charge in [-0.25, -0.2) is 0 Å². The Hall–Kier alpha value is -1.65. The van der Waals surface area contributed by atoms with Crippen LogP contribution in [0.2, 0.25) is 0 Å². The van der Waals surface area contributed by atoms with Crippen LogP contribution in [-0.4, -0.2) is 4.98 Å². The number of pyridine rings is 1. The van der Waals surface area contributed by atoms with Gasteiger partial charge in [0.15, 0.2) is 0 Å². The number of hydrogen-bond donors (Lipinski definition) is 2. The second-order valence-corrected chi connectivity index (χ2v) is 5.71. The van der Waals surface area contributed by atoms with Crippen LogP contribution in [0.1, 0.15) is 19.0 Å². The van der Waals surface area contributed by atoms with E-state index in [0.717, 1.165) is 45.0 Å². The maximum absolute atomic E-state index is 5.68. The van der Waals surface area contributed by atoms with E-state index in [9.17, 15) is 0 Å². The number of aromatic nitrogens is 1. The number of hydrazine groups is 1. The van der Waals surface area contributed by atoms with Crippen molar-refractivity contribution < 1.29 is 0 Å². The summed E-state index contributed by atoms with van der Waals surface area (Å²) in [7, 11) is 0. The van der Waals surface area contributed by atoms with Crippen molar-refractivity contribution >= 4 is 43.3 Å². The standard InChI is InChI=1S/C16H16BrN3/c1-2-5-10-8-15(20-18)13-9-14(17)11-6-3-4-7-12(11)16(13)19-10/h3-4,6-9H,2,5,18H2,1H3,(H,19,20). The van der Waals surface area contributed by atoms with E-state index >= 15 is 0 Å². The van der Waals surface area contributed by atoms with Crippen molar-refractivity contribution in [2.24, 2.45) is 5.84 Å². The molecule has 1 aromatic heterocycles. The van der Waals surface area contributed by atoms with Gasteiger partial charge in [0.1, 0.15) is 0 Å². The first-order chi connectivity index (χ1) is 9.74. The molecule has 2 aromatic carbocycles. The molecule has 3 aromatic rings. The topological polar surface area (TPSA) is 50.9 Å². The molecule has 20 heavy (non-hydrogen) atoms. The van der Waals surface area contributed by atoms with Crippen LogP contribution in [0.3, 0.4) is 0 Å². The Bertz CT molecular complexity index is 783. The number of nitrogens with zero attached hydrogens (tertiary/aromatic N) is 1. The monoisotopic (exact) mass is 329 g/mol. The Morgan fingerprint density at radius 2 is 1.90 bits per heavy atom. The van der Waals surface area contributed by atoms with E-state index in [1.165, 1.54) is 5.39 Å². The molecule has 0 saturated heterocycles. The van der Waals surface area contributed by atoms with E-state index < -0.39 is 0 Å². The normalized spacial score (nSPS) is 11.2. The van der Waals surface area contributed by atoms with Gasteiger partial charge in [-0.2, -0.15) is 0 Å². The Morgan fingerprint density at radius 3 is 2.60 bits per heavy atom. The lowest BCUT2D eigenvalue weighted by Gasteiger charge is -2.12. The minimum Gasteiger partial charge on any atom is -0.323 e. The van der Waals surface area contributed by atoms with Crippen LogP contribution in [0.15, 0.2) is 40.9 Å². The SMILES string of the molecule is CCCc1cc(NN)c2cc(Br)c3ccccc3c2n1. The van der Waals surface area contributed by atoms with Gasteiger partial charge >= 0.3 is 0 Å². The number of benzene rings is 2. The van der Waals surface area contributed by atoms with E-state index in [-0.39, 0.29) is 0 Å². The number of nitrogens with one attached hydrogen (secondary N) is 1. The number of hydrogen-bond acceptors (Lipinski definition) is 3. The Morgan fingerprint density at radius 1 is 1.15 bits per heavy atom. The summed E-state index contributed by atoms with van der Waals surface area (Å²) in [6.45, 7) is 2.15. The summed E-state index contributed by atoms with van der Waals surface area (Å²) in [6.07, 6.45) is 2.02. The fourth-order valence-corrected chi connectivity index (χ4v) is 3.14. The van der Waals surface area contributed by atoms with Gasteiger partial charge in [-0.15, -0.1) is 0 Å². The molecule has 4 heteroatoms. The van der Waals surface area contributed by atoms with Crippen LogP contribution < -0.4 is 11.3 Å². The van der Waals surface area contributed by atoms with Crippen molar-refractivity contribution in [1.82, 2.24) is 4.98 Å².